The number of hydrogen-bond acceptors (Lipinski definition) is 3. The minimum atomic E-state index is 0.633. The van der Waals surface area contributed by atoms with E-state index in [2.05, 4.69) is 47.2 Å². The summed E-state index contributed by atoms with van der Waals surface area (Å²) in [7, 11) is 0. The zero-order valence-electron chi connectivity index (χ0n) is 11.7. The van der Waals surface area contributed by atoms with Gasteiger partial charge in [-0.25, -0.2) is 0 Å². The highest BCUT2D eigenvalue weighted by atomic mass is 79.9. The Morgan fingerprint density at radius 2 is 2.00 bits per heavy atom. The Labute approximate surface area is 128 Å². The van der Waals surface area contributed by atoms with Crippen LogP contribution in [0.15, 0.2) is 40.9 Å². The van der Waals surface area contributed by atoms with Crippen LogP contribution in [0.4, 0.5) is 17.1 Å². The van der Waals surface area contributed by atoms with Crippen LogP contribution in [0, 0.1) is 6.92 Å². The Kier molecular flexibility index (Phi) is 4.90. The minimum Gasteiger partial charge on any atom is -0.491 e. The highest BCUT2D eigenvalue weighted by molar-refractivity contribution is 9.10. The Bertz CT molecular complexity index is 599. The third-order valence-corrected chi connectivity index (χ3v) is 3.58. The molecule has 0 aliphatic carbocycles. The quantitative estimate of drug-likeness (QED) is 0.766. The molecule has 0 atom stereocenters. The summed E-state index contributed by atoms with van der Waals surface area (Å²) in [6.07, 6.45) is 0.959. The molecule has 2 aromatic rings. The number of aryl methyl sites for hydroxylation is 1. The van der Waals surface area contributed by atoms with Gasteiger partial charge in [0.05, 0.1) is 23.7 Å². The fourth-order valence-electron chi connectivity index (χ4n) is 1.86. The van der Waals surface area contributed by atoms with Crippen LogP contribution in [0.5, 0.6) is 5.75 Å². The van der Waals surface area contributed by atoms with Crippen LogP contribution < -0.4 is 15.8 Å². The number of para-hydroxylation sites is 1. The maximum atomic E-state index is 6.15. The molecule has 106 valence electrons. The third-order valence-electron chi connectivity index (χ3n) is 2.92. The fourth-order valence-corrected chi connectivity index (χ4v) is 2.45. The van der Waals surface area contributed by atoms with Crippen molar-refractivity contribution in [2.24, 2.45) is 0 Å². The molecule has 0 heterocycles. The van der Waals surface area contributed by atoms with Gasteiger partial charge in [-0.05, 0) is 59.1 Å². The summed E-state index contributed by atoms with van der Waals surface area (Å²) in [6, 6.07) is 11.9. The average Bonchev–Trinajstić information content (AvgIpc) is 2.42. The summed E-state index contributed by atoms with van der Waals surface area (Å²) < 4.78 is 6.65. The summed E-state index contributed by atoms with van der Waals surface area (Å²) in [5.74, 6) is 0.722. The van der Waals surface area contributed by atoms with E-state index in [1.165, 1.54) is 5.56 Å². The normalized spacial score (nSPS) is 10.3. The first kappa shape index (κ1) is 14.7. The Morgan fingerprint density at radius 3 is 2.70 bits per heavy atom. The first-order valence-corrected chi connectivity index (χ1v) is 7.45. The molecule has 0 amide bonds. The summed E-state index contributed by atoms with van der Waals surface area (Å²) >= 11 is 3.56. The molecule has 20 heavy (non-hydrogen) atoms. The number of nitrogen functional groups attached to an aromatic ring is 1. The van der Waals surface area contributed by atoms with Crippen molar-refractivity contribution in [2.45, 2.75) is 20.3 Å². The van der Waals surface area contributed by atoms with Crippen molar-refractivity contribution >= 4 is 33.0 Å². The zero-order chi connectivity index (χ0) is 14.5. The molecular weight excluding hydrogens is 316 g/mol. The molecule has 2 rings (SSSR count). The van der Waals surface area contributed by atoms with Crippen molar-refractivity contribution in [3.8, 4) is 5.75 Å². The predicted molar refractivity (Wildman–Crippen MR) is 88.8 cm³/mol. The fraction of sp³-hybridized carbons (Fsp3) is 0.250. The molecule has 4 heteroatoms. The number of ether oxygens (including phenoxy) is 1. The molecule has 0 unspecified atom stereocenters. The molecular formula is C16H19BrN2O. The van der Waals surface area contributed by atoms with E-state index < -0.39 is 0 Å². The van der Waals surface area contributed by atoms with Crippen molar-refractivity contribution in [2.75, 3.05) is 17.7 Å². The summed E-state index contributed by atoms with van der Waals surface area (Å²) in [6.45, 7) is 4.80. The first-order chi connectivity index (χ1) is 9.61. The molecule has 0 spiro atoms. The third kappa shape index (κ3) is 3.45. The lowest BCUT2D eigenvalue weighted by atomic mass is 10.2. The van der Waals surface area contributed by atoms with Crippen LogP contribution in [0.1, 0.15) is 18.9 Å². The SMILES string of the molecule is CCCOc1cccc(Nc2ccc(C)cc2Br)c1N. The van der Waals surface area contributed by atoms with Crippen LogP contribution in [-0.2, 0) is 0 Å². The number of halogens is 1. The van der Waals surface area contributed by atoms with Gasteiger partial charge in [0.2, 0.25) is 0 Å². The van der Waals surface area contributed by atoms with Crippen LogP contribution in [-0.4, -0.2) is 6.61 Å². The van der Waals surface area contributed by atoms with Crippen LogP contribution in [0.3, 0.4) is 0 Å². The maximum Gasteiger partial charge on any atom is 0.144 e. The predicted octanol–water partition coefficient (Wildman–Crippen LogP) is 4.87. The van der Waals surface area contributed by atoms with E-state index in [1.807, 2.05) is 24.3 Å². The Morgan fingerprint density at radius 1 is 1.20 bits per heavy atom. The Balaban J connectivity index is 2.24. The van der Waals surface area contributed by atoms with Gasteiger partial charge in [-0.3, -0.25) is 0 Å². The smallest absolute Gasteiger partial charge is 0.144 e. The molecule has 2 aromatic carbocycles. The van der Waals surface area contributed by atoms with E-state index in [9.17, 15) is 0 Å². The van der Waals surface area contributed by atoms with Gasteiger partial charge in [0.15, 0.2) is 0 Å². The van der Waals surface area contributed by atoms with Crippen molar-refractivity contribution in [3.63, 3.8) is 0 Å². The standard InChI is InChI=1S/C16H19BrN2O/c1-3-9-20-15-6-4-5-14(16(15)18)19-13-8-7-11(2)10-12(13)17/h4-8,10,19H,3,9,18H2,1-2H3. The van der Waals surface area contributed by atoms with Crippen LogP contribution in [0.25, 0.3) is 0 Å². The lowest BCUT2D eigenvalue weighted by Gasteiger charge is -2.14. The monoisotopic (exact) mass is 334 g/mol. The first-order valence-electron chi connectivity index (χ1n) is 6.66. The molecule has 0 aromatic heterocycles. The average molecular weight is 335 g/mol. The van der Waals surface area contributed by atoms with Crippen LogP contribution in [0.2, 0.25) is 0 Å². The van der Waals surface area contributed by atoms with E-state index >= 15 is 0 Å². The second kappa shape index (κ2) is 6.66. The molecule has 0 fully saturated rings. The van der Waals surface area contributed by atoms with Crippen LogP contribution >= 0.6 is 15.9 Å². The van der Waals surface area contributed by atoms with Crippen molar-refractivity contribution < 1.29 is 4.74 Å². The molecule has 3 nitrogen and oxygen atoms in total. The number of rotatable bonds is 5. The lowest BCUT2D eigenvalue weighted by Crippen LogP contribution is -2.02. The molecule has 0 radical (unpaired) electrons. The van der Waals surface area contributed by atoms with Gasteiger partial charge in [-0.2, -0.15) is 0 Å². The molecule has 3 N–H and O–H groups in total. The van der Waals surface area contributed by atoms with E-state index in [4.69, 9.17) is 10.5 Å². The molecule has 0 aliphatic rings. The van der Waals surface area contributed by atoms with Crippen molar-refractivity contribution in [1.82, 2.24) is 0 Å². The second-order valence-electron chi connectivity index (χ2n) is 4.67. The van der Waals surface area contributed by atoms with Gasteiger partial charge in [-0.1, -0.05) is 19.1 Å². The summed E-state index contributed by atoms with van der Waals surface area (Å²) in [5.41, 5.74) is 9.82. The highest BCUT2D eigenvalue weighted by Gasteiger charge is 2.07. The number of nitrogens with one attached hydrogen (secondary N) is 1. The van der Waals surface area contributed by atoms with Crippen molar-refractivity contribution in [1.29, 1.82) is 0 Å². The molecule has 0 aliphatic heterocycles. The summed E-state index contributed by atoms with van der Waals surface area (Å²) in [4.78, 5) is 0. The topological polar surface area (TPSA) is 47.3 Å². The largest absolute Gasteiger partial charge is 0.491 e. The van der Waals surface area contributed by atoms with Gasteiger partial charge in [0.1, 0.15) is 5.75 Å². The summed E-state index contributed by atoms with van der Waals surface area (Å²) in [5, 5.41) is 3.33. The van der Waals surface area contributed by atoms with E-state index in [0.717, 1.165) is 28.0 Å². The maximum absolute atomic E-state index is 6.15. The van der Waals surface area contributed by atoms with Gasteiger partial charge in [0.25, 0.3) is 0 Å². The van der Waals surface area contributed by atoms with E-state index in [-0.39, 0.29) is 0 Å². The zero-order valence-corrected chi connectivity index (χ0v) is 13.3. The van der Waals surface area contributed by atoms with Gasteiger partial charge in [0, 0.05) is 4.47 Å². The van der Waals surface area contributed by atoms with Gasteiger partial charge in [-0.15, -0.1) is 0 Å². The lowest BCUT2D eigenvalue weighted by molar-refractivity contribution is 0.319. The minimum absolute atomic E-state index is 0.633. The number of benzene rings is 2. The Hall–Kier alpha value is -1.68. The molecule has 0 saturated heterocycles. The number of hydrogen-bond donors (Lipinski definition) is 2. The number of anilines is 3. The number of nitrogens with two attached hydrogens (primary N) is 1. The second-order valence-corrected chi connectivity index (χ2v) is 5.53. The molecule has 0 saturated carbocycles. The van der Waals surface area contributed by atoms with E-state index in [0.29, 0.717) is 12.3 Å². The van der Waals surface area contributed by atoms with Gasteiger partial charge >= 0.3 is 0 Å². The van der Waals surface area contributed by atoms with Crippen molar-refractivity contribution in [3.05, 3.63) is 46.4 Å². The van der Waals surface area contributed by atoms with E-state index in [1.54, 1.807) is 0 Å². The van der Waals surface area contributed by atoms with Gasteiger partial charge < -0.3 is 15.8 Å². The molecule has 0 bridgehead atoms. The highest BCUT2D eigenvalue weighted by Crippen LogP contribution is 2.34.